The van der Waals surface area contributed by atoms with Gasteiger partial charge in [-0.25, -0.2) is 0 Å². The smallest absolute Gasteiger partial charge is 0.0892 e. The average Bonchev–Trinajstić information content (AvgIpc) is 3.22. The van der Waals surface area contributed by atoms with Crippen LogP contribution in [0.3, 0.4) is 0 Å². The fourth-order valence-electron chi connectivity index (χ4n) is 3.43. The summed E-state index contributed by atoms with van der Waals surface area (Å²) >= 11 is 1.94. The molecule has 1 aliphatic heterocycles. The highest BCUT2D eigenvalue weighted by Crippen LogP contribution is 2.38. The molecule has 27 heavy (non-hydrogen) atoms. The van der Waals surface area contributed by atoms with Gasteiger partial charge in [0.2, 0.25) is 0 Å². The van der Waals surface area contributed by atoms with E-state index in [1.54, 1.807) is 6.20 Å². The molecule has 1 aliphatic rings. The van der Waals surface area contributed by atoms with Crippen LogP contribution in [-0.4, -0.2) is 20.7 Å². The number of pyridine rings is 3. The summed E-state index contributed by atoms with van der Waals surface area (Å²) in [6, 6.07) is 20.8. The van der Waals surface area contributed by atoms with E-state index < -0.39 is 0 Å². The molecule has 5 rings (SSSR count). The predicted octanol–water partition coefficient (Wildman–Crippen LogP) is 5.52. The van der Waals surface area contributed by atoms with Crippen molar-refractivity contribution in [2.75, 3.05) is 5.75 Å². The molecule has 1 aromatic carbocycles. The number of hydrogen-bond donors (Lipinski definition) is 0. The van der Waals surface area contributed by atoms with E-state index in [4.69, 9.17) is 0 Å². The Bertz CT molecular complexity index is 1100. The van der Waals surface area contributed by atoms with Crippen molar-refractivity contribution in [3.63, 3.8) is 0 Å². The minimum Gasteiger partial charge on any atom is -0.256 e. The van der Waals surface area contributed by atoms with Crippen LogP contribution < -0.4 is 0 Å². The maximum atomic E-state index is 4.68. The lowest BCUT2D eigenvalue weighted by Crippen LogP contribution is -1.94. The summed E-state index contributed by atoms with van der Waals surface area (Å²) in [4.78, 5) is 15.1. The molecular weight excluding hydrogens is 350 g/mol. The van der Waals surface area contributed by atoms with Crippen molar-refractivity contribution >= 4 is 11.8 Å². The van der Waals surface area contributed by atoms with E-state index in [1.165, 1.54) is 21.8 Å². The van der Waals surface area contributed by atoms with Crippen LogP contribution in [-0.2, 0) is 6.42 Å². The summed E-state index contributed by atoms with van der Waals surface area (Å²) in [5.74, 6) is 1.17. The van der Waals surface area contributed by atoms with Crippen molar-refractivity contribution in [3.05, 3.63) is 84.8 Å². The molecule has 0 fully saturated rings. The zero-order chi connectivity index (χ0) is 18.1. The third kappa shape index (κ3) is 3.13. The minimum atomic E-state index is 0.875. The van der Waals surface area contributed by atoms with Gasteiger partial charge in [-0.3, -0.25) is 15.0 Å². The molecular formula is C23H17N3S. The summed E-state index contributed by atoms with van der Waals surface area (Å²) in [5, 5.41) is 0. The summed E-state index contributed by atoms with van der Waals surface area (Å²) in [6.45, 7) is 0. The SMILES string of the molecule is c1ccc(-c2cc(-c3ccc4c(c3)CCS4)c(-c3ccccn3)cn2)nc1. The molecule has 0 bridgehead atoms. The Balaban J connectivity index is 1.70. The average molecular weight is 367 g/mol. The Morgan fingerprint density at radius 1 is 0.704 bits per heavy atom. The summed E-state index contributed by atoms with van der Waals surface area (Å²) in [6.07, 6.45) is 6.68. The standard InChI is InChI=1S/C23H17N3S/c1-3-10-24-20(5-1)19-15-26-22(21-6-2-4-11-25-21)14-18(19)16-7-8-23-17(13-16)9-12-27-23/h1-8,10-11,13-15H,9,12H2. The zero-order valence-electron chi connectivity index (χ0n) is 14.7. The first-order chi connectivity index (χ1) is 13.4. The molecule has 0 saturated heterocycles. The second-order valence-electron chi connectivity index (χ2n) is 6.47. The highest BCUT2D eigenvalue weighted by atomic mass is 32.2. The lowest BCUT2D eigenvalue weighted by molar-refractivity contribution is 1.15. The first kappa shape index (κ1) is 16.2. The van der Waals surface area contributed by atoms with Gasteiger partial charge in [0.1, 0.15) is 0 Å². The molecule has 4 aromatic rings. The molecule has 0 amide bonds. The molecule has 0 spiro atoms. The lowest BCUT2D eigenvalue weighted by Gasteiger charge is -2.12. The summed E-state index contributed by atoms with van der Waals surface area (Å²) < 4.78 is 0. The van der Waals surface area contributed by atoms with Gasteiger partial charge in [0.05, 0.1) is 17.1 Å². The Morgan fingerprint density at radius 2 is 1.52 bits per heavy atom. The van der Waals surface area contributed by atoms with Gasteiger partial charge in [0.15, 0.2) is 0 Å². The second kappa shape index (κ2) is 6.97. The van der Waals surface area contributed by atoms with Crippen LogP contribution in [0.25, 0.3) is 33.8 Å². The molecule has 0 atom stereocenters. The van der Waals surface area contributed by atoms with E-state index in [0.29, 0.717) is 0 Å². The molecule has 130 valence electrons. The Morgan fingerprint density at radius 3 is 2.30 bits per heavy atom. The Hall–Kier alpha value is -2.98. The monoisotopic (exact) mass is 367 g/mol. The molecule has 0 unspecified atom stereocenters. The van der Waals surface area contributed by atoms with Gasteiger partial charge in [-0.1, -0.05) is 18.2 Å². The minimum absolute atomic E-state index is 0.875. The van der Waals surface area contributed by atoms with Gasteiger partial charge in [-0.05, 0) is 65.6 Å². The molecule has 3 nitrogen and oxygen atoms in total. The van der Waals surface area contributed by atoms with Crippen molar-refractivity contribution in [2.45, 2.75) is 11.3 Å². The number of thioether (sulfide) groups is 1. The van der Waals surface area contributed by atoms with Crippen molar-refractivity contribution in [1.29, 1.82) is 0 Å². The van der Waals surface area contributed by atoms with Crippen LogP contribution in [0.1, 0.15) is 5.56 Å². The summed E-state index contributed by atoms with van der Waals surface area (Å²) in [7, 11) is 0. The Kier molecular flexibility index (Phi) is 4.18. The second-order valence-corrected chi connectivity index (χ2v) is 7.60. The van der Waals surface area contributed by atoms with E-state index in [0.717, 1.165) is 34.6 Å². The normalized spacial score (nSPS) is 12.7. The van der Waals surface area contributed by atoms with Crippen LogP contribution in [0.5, 0.6) is 0 Å². The van der Waals surface area contributed by atoms with E-state index in [1.807, 2.05) is 60.6 Å². The van der Waals surface area contributed by atoms with Gasteiger partial charge in [-0.15, -0.1) is 11.8 Å². The highest BCUT2D eigenvalue weighted by Gasteiger charge is 2.16. The fourth-order valence-corrected chi connectivity index (χ4v) is 4.48. The molecule has 0 N–H and O–H groups in total. The first-order valence-corrected chi connectivity index (χ1v) is 9.96. The number of aromatic nitrogens is 3. The maximum Gasteiger partial charge on any atom is 0.0892 e. The Labute approximate surface area is 162 Å². The molecule has 0 radical (unpaired) electrons. The third-order valence-corrected chi connectivity index (χ3v) is 5.89. The largest absolute Gasteiger partial charge is 0.256 e. The fraction of sp³-hybridized carbons (Fsp3) is 0.0870. The molecule has 0 aliphatic carbocycles. The highest BCUT2D eigenvalue weighted by molar-refractivity contribution is 7.99. The van der Waals surface area contributed by atoms with Gasteiger partial charge in [-0.2, -0.15) is 0 Å². The molecule has 4 heteroatoms. The van der Waals surface area contributed by atoms with E-state index in [9.17, 15) is 0 Å². The van der Waals surface area contributed by atoms with E-state index >= 15 is 0 Å². The molecule has 0 saturated carbocycles. The van der Waals surface area contributed by atoms with Crippen LogP contribution in [0, 0.1) is 0 Å². The van der Waals surface area contributed by atoms with Crippen molar-refractivity contribution < 1.29 is 0 Å². The van der Waals surface area contributed by atoms with Crippen LogP contribution in [0.4, 0.5) is 0 Å². The number of fused-ring (bicyclic) bond motifs is 1. The number of rotatable bonds is 3. The van der Waals surface area contributed by atoms with Crippen LogP contribution >= 0.6 is 11.8 Å². The van der Waals surface area contributed by atoms with Gasteiger partial charge in [0.25, 0.3) is 0 Å². The number of hydrogen-bond acceptors (Lipinski definition) is 4. The van der Waals surface area contributed by atoms with Crippen molar-refractivity contribution in [1.82, 2.24) is 15.0 Å². The number of nitrogens with zero attached hydrogens (tertiary/aromatic N) is 3. The lowest BCUT2D eigenvalue weighted by atomic mass is 9.96. The quantitative estimate of drug-likeness (QED) is 0.478. The summed E-state index contributed by atoms with van der Waals surface area (Å²) in [5.41, 5.74) is 7.51. The molecule has 4 heterocycles. The topological polar surface area (TPSA) is 38.7 Å². The molecule has 3 aromatic heterocycles. The van der Waals surface area contributed by atoms with Crippen molar-refractivity contribution in [3.8, 4) is 33.8 Å². The van der Waals surface area contributed by atoms with Crippen LogP contribution in [0.2, 0.25) is 0 Å². The van der Waals surface area contributed by atoms with E-state index in [2.05, 4.69) is 39.2 Å². The van der Waals surface area contributed by atoms with Crippen LogP contribution in [0.15, 0.2) is 84.1 Å². The van der Waals surface area contributed by atoms with E-state index in [-0.39, 0.29) is 0 Å². The van der Waals surface area contributed by atoms with Crippen molar-refractivity contribution in [2.24, 2.45) is 0 Å². The maximum absolute atomic E-state index is 4.68. The number of benzene rings is 1. The van der Waals surface area contributed by atoms with Gasteiger partial charge in [0, 0.05) is 34.8 Å². The predicted molar refractivity (Wildman–Crippen MR) is 111 cm³/mol. The van der Waals surface area contributed by atoms with Gasteiger partial charge < -0.3 is 0 Å². The zero-order valence-corrected chi connectivity index (χ0v) is 15.5. The van der Waals surface area contributed by atoms with Gasteiger partial charge >= 0.3 is 0 Å². The first-order valence-electron chi connectivity index (χ1n) is 8.97. The number of aryl methyl sites for hydroxylation is 1. The third-order valence-electron chi connectivity index (χ3n) is 4.77.